The number of nitrogens with one attached hydrogen (secondary N) is 2. The number of hydrogen-bond acceptors (Lipinski definition) is 5. The van der Waals surface area contributed by atoms with E-state index in [1.807, 2.05) is 0 Å². The molecule has 0 heterocycles. The number of amides is 2. The normalized spacial score (nSPS) is 10.0. The molecule has 0 saturated carbocycles. The zero-order valence-electron chi connectivity index (χ0n) is 13.7. The molecule has 25 heavy (non-hydrogen) atoms. The molecule has 8 nitrogen and oxygen atoms in total. The zero-order chi connectivity index (χ0) is 18.4. The molecule has 0 aliphatic heterocycles. The standard InChI is InChI=1S/C17H17N3O5/c1-3-16(21)18-12-6-4-5-11(9-12)17(22)19-14-10-13(20(23)24)7-8-15(14)25-2/h4-10H,3H2,1-2H3,(H,18,21)(H,19,22). The van der Waals surface area contributed by atoms with E-state index in [9.17, 15) is 19.7 Å². The maximum absolute atomic E-state index is 12.4. The first kappa shape index (κ1) is 17.9. The Hall–Kier alpha value is -3.42. The van der Waals surface area contributed by atoms with Gasteiger partial charge in [-0.2, -0.15) is 0 Å². The number of ether oxygens (including phenoxy) is 1. The molecule has 0 aromatic heterocycles. The number of nitrogens with zero attached hydrogens (tertiary/aromatic N) is 1. The summed E-state index contributed by atoms with van der Waals surface area (Å²) in [6.07, 6.45) is 0.321. The highest BCUT2D eigenvalue weighted by molar-refractivity contribution is 6.06. The van der Waals surface area contributed by atoms with Gasteiger partial charge in [0.05, 0.1) is 17.7 Å². The lowest BCUT2D eigenvalue weighted by Gasteiger charge is -2.11. The minimum absolute atomic E-state index is 0.167. The van der Waals surface area contributed by atoms with Crippen LogP contribution in [-0.4, -0.2) is 23.8 Å². The highest BCUT2D eigenvalue weighted by atomic mass is 16.6. The maximum atomic E-state index is 12.4. The molecule has 0 aliphatic carbocycles. The zero-order valence-corrected chi connectivity index (χ0v) is 13.7. The van der Waals surface area contributed by atoms with E-state index in [0.29, 0.717) is 23.4 Å². The molecule has 2 aromatic carbocycles. The fourth-order valence-corrected chi connectivity index (χ4v) is 2.09. The summed E-state index contributed by atoms with van der Waals surface area (Å²) in [5, 5.41) is 16.1. The van der Waals surface area contributed by atoms with Gasteiger partial charge < -0.3 is 15.4 Å². The van der Waals surface area contributed by atoms with E-state index in [1.54, 1.807) is 25.1 Å². The van der Waals surface area contributed by atoms with Gasteiger partial charge >= 0.3 is 0 Å². The van der Waals surface area contributed by atoms with Gasteiger partial charge in [0, 0.05) is 29.8 Å². The molecule has 0 saturated heterocycles. The summed E-state index contributed by atoms with van der Waals surface area (Å²) in [5.74, 6) is -0.348. The van der Waals surface area contributed by atoms with E-state index in [0.717, 1.165) is 0 Å². The van der Waals surface area contributed by atoms with Crippen LogP contribution in [0.25, 0.3) is 0 Å². The van der Waals surface area contributed by atoms with E-state index in [-0.39, 0.29) is 17.3 Å². The number of methoxy groups -OCH3 is 1. The van der Waals surface area contributed by atoms with Crippen molar-refractivity contribution < 1.29 is 19.2 Å². The molecule has 2 aromatic rings. The minimum atomic E-state index is -0.560. The van der Waals surface area contributed by atoms with Gasteiger partial charge in [0.15, 0.2) is 0 Å². The number of nitro groups is 1. The molecule has 0 unspecified atom stereocenters. The summed E-state index contributed by atoms with van der Waals surface area (Å²) in [4.78, 5) is 34.2. The fraction of sp³-hybridized carbons (Fsp3) is 0.176. The predicted molar refractivity (Wildman–Crippen MR) is 93.0 cm³/mol. The Morgan fingerprint density at radius 2 is 1.92 bits per heavy atom. The van der Waals surface area contributed by atoms with E-state index in [2.05, 4.69) is 10.6 Å². The first-order valence-electron chi connectivity index (χ1n) is 7.48. The van der Waals surface area contributed by atoms with Crippen LogP contribution in [0.15, 0.2) is 42.5 Å². The van der Waals surface area contributed by atoms with E-state index >= 15 is 0 Å². The molecule has 0 aliphatic rings. The molecule has 0 spiro atoms. The number of carbonyl (C=O) groups is 2. The number of benzene rings is 2. The van der Waals surface area contributed by atoms with Gasteiger partial charge in [-0.1, -0.05) is 13.0 Å². The lowest BCUT2D eigenvalue weighted by molar-refractivity contribution is -0.384. The van der Waals surface area contributed by atoms with E-state index in [1.165, 1.54) is 31.4 Å². The van der Waals surface area contributed by atoms with E-state index < -0.39 is 10.8 Å². The van der Waals surface area contributed by atoms with Crippen molar-refractivity contribution in [2.45, 2.75) is 13.3 Å². The monoisotopic (exact) mass is 343 g/mol. The molecule has 0 fully saturated rings. The summed E-state index contributed by atoms with van der Waals surface area (Å²) >= 11 is 0. The third-order valence-corrected chi connectivity index (χ3v) is 3.37. The highest BCUT2D eigenvalue weighted by Gasteiger charge is 2.15. The molecular weight excluding hydrogens is 326 g/mol. The van der Waals surface area contributed by atoms with Gasteiger partial charge in [-0.15, -0.1) is 0 Å². The van der Waals surface area contributed by atoms with Crippen molar-refractivity contribution in [2.24, 2.45) is 0 Å². The summed E-state index contributed by atoms with van der Waals surface area (Å²) in [7, 11) is 1.40. The van der Waals surface area contributed by atoms with Crippen LogP contribution in [0.2, 0.25) is 0 Å². The summed E-state index contributed by atoms with van der Waals surface area (Å²) in [6.45, 7) is 1.72. The van der Waals surface area contributed by atoms with Crippen molar-refractivity contribution >= 4 is 28.9 Å². The number of anilines is 2. The summed E-state index contributed by atoms with van der Waals surface area (Å²) in [5.41, 5.74) is 0.803. The Labute approximate surface area is 144 Å². The quantitative estimate of drug-likeness (QED) is 0.618. The smallest absolute Gasteiger partial charge is 0.271 e. The second-order valence-corrected chi connectivity index (χ2v) is 5.08. The lowest BCUT2D eigenvalue weighted by atomic mass is 10.1. The Morgan fingerprint density at radius 1 is 1.16 bits per heavy atom. The van der Waals surface area contributed by atoms with Gasteiger partial charge in [0.2, 0.25) is 5.91 Å². The van der Waals surface area contributed by atoms with Crippen LogP contribution >= 0.6 is 0 Å². The Morgan fingerprint density at radius 3 is 2.56 bits per heavy atom. The second-order valence-electron chi connectivity index (χ2n) is 5.08. The van der Waals surface area contributed by atoms with Crippen molar-refractivity contribution in [1.29, 1.82) is 0 Å². The molecule has 0 bridgehead atoms. The molecule has 8 heteroatoms. The molecular formula is C17H17N3O5. The first-order valence-corrected chi connectivity index (χ1v) is 7.48. The van der Waals surface area contributed by atoms with Crippen LogP contribution in [0.4, 0.5) is 17.1 Å². The number of hydrogen-bond donors (Lipinski definition) is 2. The van der Waals surface area contributed by atoms with Crippen molar-refractivity contribution in [3.63, 3.8) is 0 Å². The van der Waals surface area contributed by atoms with E-state index in [4.69, 9.17) is 4.74 Å². The lowest BCUT2D eigenvalue weighted by Crippen LogP contribution is -2.14. The average molecular weight is 343 g/mol. The van der Waals surface area contributed by atoms with Crippen LogP contribution in [-0.2, 0) is 4.79 Å². The Kier molecular flexibility index (Phi) is 5.67. The third-order valence-electron chi connectivity index (χ3n) is 3.37. The van der Waals surface area contributed by atoms with Gasteiger partial charge in [-0.05, 0) is 24.3 Å². The number of rotatable bonds is 6. The first-order chi connectivity index (χ1) is 11.9. The van der Waals surface area contributed by atoms with Gasteiger partial charge in [0.25, 0.3) is 11.6 Å². The Bertz CT molecular complexity index is 820. The van der Waals surface area contributed by atoms with Crippen molar-refractivity contribution in [3.8, 4) is 5.75 Å². The third kappa shape index (κ3) is 4.54. The molecule has 130 valence electrons. The van der Waals surface area contributed by atoms with Gasteiger partial charge in [0.1, 0.15) is 5.75 Å². The number of carbonyl (C=O) groups excluding carboxylic acids is 2. The van der Waals surface area contributed by atoms with Crippen LogP contribution < -0.4 is 15.4 Å². The van der Waals surface area contributed by atoms with Crippen molar-refractivity contribution in [3.05, 3.63) is 58.1 Å². The summed E-state index contributed by atoms with van der Waals surface area (Å²) < 4.78 is 5.11. The van der Waals surface area contributed by atoms with Gasteiger partial charge in [-0.3, -0.25) is 19.7 Å². The maximum Gasteiger partial charge on any atom is 0.271 e. The minimum Gasteiger partial charge on any atom is -0.495 e. The van der Waals surface area contributed by atoms with Gasteiger partial charge in [-0.25, -0.2) is 0 Å². The number of non-ortho nitro benzene ring substituents is 1. The van der Waals surface area contributed by atoms with Crippen LogP contribution in [0.1, 0.15) is 23.7 Å². The van der Waals surface area contributed by atoms with Crippen LogP contribution in [0.3, 0.4) is 0 Å². The SMILES string of the molecule is CCC(=O)Nc1cccc(C(=O)Nc2cc([N+](=O)[O-])ccc2OC)c1. The predicted octanol–water partition coefficient (Wildman–Crippen LogP) is 3.20. The van der Waals surface area contributed by atoms with Crippen molar-refractivity contribution in [1.82, 2.24) is 0 Å². The molecule has 0 atom stereocenters. The summed E-state index contributed by atoms with van der Waals surface area (Å²) in [6, 6.07) is 10.3. The molecule has 2 N–H and O–H groups in total. The number of nitro benzene ring substituents is 1. The second kappa shape index (κ2) is 7.91. The largest absolute Gasteiger partial charge is 0.495 e. The topological polar surface area (TPSA) is 111 Å². The molecule has 0 radical (unpaired) electrons. The fourth-order valence-electron chi connectivity index (χ4n) is 2.09. The Balaban J connectivity index is 2.25. The van der Waals surface area contributed by atoms with Crippen molar-refractivity contribution in [2.75, 3.05) is 17.7 Å². The van der Waals surface area contributed by atoms with Crippen LogP contribution in [0.5, 0.6) is 5.75 Å². The highest BCUT2D eigenvalue weighted by Crippen LogP contribution is 2.29. The molecule has 2 rings (SSSR count). The van der Waals surface area contributed by atoms with Crippen LogP contribution in [0, 0.1) is 10.1 Å². The molecule has 2 amide bonds. The average Bonchev–Trinajstić information content (AvgIpc) is 2.61.